The van der Waals surface area contributed by atoms with E-state index in [1.807, 2.05) is 24.3 Å². The molecule has 1 aliphatic heterocycles. The Kier molecular flexibility index (Phi) is 2.63. The molecule has 2 nitrogen and oxygen atoms in total. The van der Waals surface area contributed by atoms with Crippen molar-refractivity contribution in [2.24, 2.45) is 10.7 Å². The van der Waals surface area contributed by atoms with Gasteiger partial charge in [-0.25, -0.2) is 4.99 Å². The van der Waals surface area contributed by atoms with Gasteiger partial charge in [-0.05, 0) is 36.6 Å². The summed E-state index contributed by atoms with van der Waals surface area (Å²) in [6.45, 7) is 0. The lowest BCUT2D eigenvalue weighted by atomic mass is 10.2. The third-order valence-electron chi connectivity index (χ3n) is 2.31. The Morgan fingerprint density at radius 2 is 1.86 bits per heavy atom. The molecular weight excluding hydrogens is 172 g/mol. The standard InChI is InChI=1S/C12H14N2/c13-12-9-3-1-2-6-10-7-4-5-8-11(10)14-12/h4-9H,1-3,13H2/b10-6+,12-9?,14-11?. The van der Waals surface area contributed by atoms with Gasteiger partial charge in [0, 0.05) is 0 Å². The second-order valence-corrected chi connectivity index (χ2v) is 3.43. The highest BCUT2D eigenvalue weighted by molar-refractivity contribution is 5.24. The van der Waals surface area contributed by atoms with Crippen LogP contribution in [0.1, 0.15) is 19.3 Å². The number of rotatable bonds is 0. The van der Waals surface area contributed by atoms with Crippen molar-refractivity contribution >= 4 is 6.08 Å². The van der Waals surface area contributed by atoms with E-state index in [-0.39, 0.29) is 0 Å². The van der Waals surface area contributed by atoms with E-state index in [0.717, 1.165) is 24.6 Å². The summed E-state index contributed by atoms with van der Waals surface area (Å²) in [6.07, 6.45) is 7.47. The van der Waals surface area contributed by atoms with Gasteiger partial charge in [0.1, 0.15) is 5.82 Å². The Hall–Kier alpha value is -1.57. The Bertz CT molecular complexity index is 457. The minimum atomic E-state index is 0.632. The van der Waals surface area contributed by atoms with Crippen LogP contribution in [0.5, 0.6) is 0 Å². The van der Waals surface area contributed by atoms with E-state index in [1.54, 1.807) is 0 Å². The lowest BCUT2D eigenvalue weighted by Gasteiger charge is -1.91. The molecule has 0 radical (unpaired) electrons. The highest BCUT2D eigenvalue weighted by Crippen LogP contribution is 2.00. The van der Waals surface area contributed by atoms with E-state index in [9.17, 15) is 0 Å². The molecule has 14 heavy (non-hydrogen) atoms. The van der Waals surface area contributed by atoms with Gasteiger partial charge >= 0.3 is 0 Å². The Balaban J connectivity index is 2.64. The second kappa shape index (κ2) is 4.09. The van der Waals surface area contributed by atoms with Crippen LogP contribution in [0.3, 0.4) is 0 Å². The summed E-state index contributed by atoms with van der Waals surface area (Å²) in [4.78, 5) is 4.37. The predicted molar refractivity (Wildman–Crippen MR) is 57.8 cm³/mol. The van der Waals surface area contributed by atoms with Crippen molar-refractivity contribution in [2.75, 3.05) is 0 Å². The molecule has 0 fully saturated rings. The molecule has 2 rings (SSSR count). The fourth-order valence-electron chi connectivity index (χ4n) is 1.57. The van der Waals surface area contributed by atoms with Gasteiger partial charge in [-0.1, -0.05) is 24.3 Å². The van der Waals surface area contributed by atoms with E-state index in [0.29, 0.717) is 5.82 Å². The van der Waals surface area contributed by atoms with E-state index < -0.39 is 0 Å². The van der Waals surface area contributed by atoms with Gasteiger partial charge in [0.2, 0.25) is 0 Å². The van der Waals surface area contributed by atoms with Crippen molar-refractivity contribution in [2.45, 2.75) is 19.3 Å². The van der Waals surface area contributed by atoms with Gasteiger partial charge in [0.15, 0.2) is 0 Å². The summed E-state index contributed by atoms with van der Waals surface area (Å²) in [7, 11) is 0. The normalized spacial score (nSPS) is 18.6. The number of fused-ring (bicyclic) bond motifs is 1. The maximum atomic E-state index is 5.77. The van der Waals surface area contributed by atoms with Crippen LogP contribution in [0.4, 0.5) is 0 Å². The predicted octanol–water partition coefficient (Wildman–Crippen LogP) is 1.07. The van der Waals surface area contributed by atoms with Gasteiger partial charge in [-0.3, -0.25) is 0 Å². The van der Waals surface area contributed by atoms with Crippen molar-refractivity contribution in [3.8, 4) is 0 Å². The lowest BCUT2D eigenvalue weighted by molar-refractivity contribution is 0.884. The topological polar surface area (TPSA) is 38.4 Å². The summed E-state index contributed by atoms with van der Waals surface area (Å²) in [5.74, 6) is 0.632. The average Bonchev–Trinajstić information content (AvgIpc) is 2.27. The summed E-state index contributed by atoms with van der Waals surface area (Å²) >= 11 is 0. The van der Waals surface area contributed by atoms with Crippen molar-refractivity contribution in [1.29, 1.82) is 0 Å². The van der Waals surface area contributed by atoms with Gasteiger partial charge in [-0.15, -0.1) is 0 Å². The number of nitrogens with zero attached hydrogens (tertiary/aromatic N) is 1. The summed E-state index contributed by atoms with van der Waals surface area (Å²) < 4.78 is 0. The third-order valence-corrected chi connectivity index (χ3v) is 2.31. The first-order chi connectivity index (χ1) is 6.86. The van der Waals surface area contributed by atoms with E-state index >= 15 is 0 Å². The number of nitrogens with two attached hydrogens (primary N) is 1. The molecule has 2 heteroatoms. The number of para-hydroxylation sites is 1. The lowest BCUT2D eigenvalue weighted by Crippen LogP contribution is -2.24. The molecule has 1 aromatic carbocycles. The largest absolute Gasteiger partial charge is 0.384 e. The Morgan fingerprint density at radius 3 is 2.79 bits per heavy atom. The number of hydrogen-bond acceptors (Lipinski definition) is 2. The van der Waals surface area contributed by atoms with Crippen LogP contribution >= 0.6 is 0 Å². The third kappa shape index (κ3) is 2.02. The zero-order valence-corrected chi connectivity index (χ0v) is 8.11. The first-order valence-electron chi connectivity index (χ1n) is 4.96. The molecule has 0 unspecified atom stereocenters. The SMILES string of the molecule is NC1=CCCC/C=c2\ccccc2=N1. The van der Waals surface area contributed by atoms with Crippen molar-refractivity contribution in [3.05, 3.63) is 46.7 Å². The van der Waals surface area contributed by atoms with Crippen LogP contribution in [0, 0.1) is 0 Å². The maximum absolute atomic E-state index is 5.77. The van der Waals surface area contributed by atoms with Crippen LogP contribution in [-0.2, 0) is 0 Å². The van der Waals surface area contributed by atoms with E-state index in [4.69, 9.17) is 5.73 Å². The number of hydrogen-bond donors (Lipinski definition) is 1. The van der Waals surface area contributed by atoms with Crippen LogP contribution < -0.4 is 16.3 Å². The zero-order chi connectivity index (χ0) is 9.80. The van der Waals surface area contributed by atoms with Crippen molar-refractivity contribution < 1.29 is 0 Å². The van der Waals surface area contributed by atoms with Gasteiger partial charge in [0.05, 0.1) is 5.36 Å². The van der Waals surface area contributed by atoms with E-state index in [2.05, 4.69) is 17.1 Å². The summed E-state index contributed by atoms with van der Waals surface area (Å²) in [5.41, 5.74) is 5.77. The van der Waals surface area contributed by atoms with Crippen molar-refractivity contribution in [3.63, 3.8) is 0 Å². The van der Waals surface area contributed by atoms with Crippen LogP contribution in [0.25, 0.3) is 6.08 Å². The molecule has 0 aliphatic carbocycles. The zero-order valence-electron chi connectivity index (χ0n) is 8.11. The fourth-order valence-corrected chi connectivity index (χ4v) is 1.57. The molecule has 1 heterocycles. The molecule has 0 saturated carbocycles. The monoisotopic (exact) mass is 186 g/mol. The fraction of sp³-hybridized carbons (Fsp3) is 0.250. The molecular formula is C12H14N2. The first kappa shape index (κ1) is 9.00. The molecule has 0 aromatic heterocycles. The molecule has 0 saturated heterocycles. The van der Waals surface area contributed by atoms with Crippen LogP contribution in [-0.4, -0.2) is 0 Å². The highest BCUT2D eigenvalue weighted by Gasteiger charge is 1.92. The molecule has 0 bridgehead atoms. The summed E-state index contributed by atoms with van der Waals surface area (Å²) in [5, 5.41) is 2.16. The molecule has 2 N–H and O–H groups in total. The number of allylic oxidation sites excluding steroid dienone is 1. The van der Waals surface area contributed by atoms with Gasteiger partial charge in [0.25, 0.3) is 0 Å². The minimum Gasteiger partial charge on any atom is -0.384 e. The van der Waals surface area contributed by atoms with Gasteiger partial charge in [-0.2, -0.15) is 0 Å². The smallest absolute Gasteiger partial charge is 0.119 e. The average molecular weight is 186 g/mol. The molecule has 0 spiro atoms. The Morgan fingerprint density at radius 1 is 1.07 bits per heavy atom. The minimum absolute atomic E-state index is 0.632. The second-order valence-electron chi connectivity index (χ2n) is 3.43. The Labute approximate surface area is 83.5 Å². The van der Waals surface area contributed by atoms with Gasteiger partial charge < -0.3 is 5.73 Å². The first-order valence-corrected chi connectivity index (χ1v) is 4.96. The van der Waals surface area contributed by atoms with Crippen LogP contribution in [0.15, 0.2) is 41.2 Å². The maximum Gasteiger partial charge on any atom is 0.119 e. The molecule has 1 aliphatic rings. The van der Waals surface area contributed by atoms with Crippen LogP contribution in [0.2, 0.25) is 0 Å². The highest BCUT2D eigenvalue weighted by atomic mass is 14.9. The molecule has 0 amide bonds. The molecule has 0 atom stereocenters. The van der Waals surface area contributed by atoms with Crippen molar-refractivity contribution in [1.82, 2.24) is 0 Å². The number of benzene rings is 1. The molecule has 1 aromatic rings. The summed E-state index contributed by atoms with van der Waals surface area (Å²) in [6, 6.07) is 8.10. The molecule has 72 valence electrons. The quantitative estimate of drug-likeness (QED) is 0.646. The van der Waals surface area contributed by atoms with E-state index in [1.165, 1.54) is 5.22 Å².